The van der Waals surface area contributed by atoms with Crippen molar-refractivity contribution in [1.29, 1.82) is 5.26 Å². The van der Waals surface area contributed by atoms with Crippen LogP contribution in [0.3, 0.4) is 0 Å². The van der Waals surface area contributed by atoms with Crippen LogP contribution >= 0.6 is 0 Å². The molecule has 6 heteroatoms. The first-order valence-electron chi connectivity index (χ1n) is 5.76. The standard InChI is InChI=1S/C12H15N5O/c1-16-3-2-4-17(8-11(16)18)12-10(14)5-9(6-13)7-15-12/h5,7H,2-4,8,14H2,1H3. The second kappa shape index (κ2) is 4.92. The molecule has 1 amide bonds. The summed E-state index contributed by atoms with van der Waals surface area (Å²) >= 11 is 0. The van der Waals surface area contributed by atoms with E-state index in [1.54, 1.807) is 18.0 Å². The number of amides is 1. The molecule has 1 saturated heterocycles. The molecule has 0 bridgehead atoms. The Labute approximate surface area is 106 Å². The molecule has 0 aliphatic carbocycles. The Morgan fingerprint density at radius 3 is 2.94 bits per heavy atom. The molecule has 2 N–H and O–H groups in total. The number of rotatable bonds is 1. The molecule has 0 radical (unpaired) electrons. The van der Waals surface area contributed by atoms with E-state index in [0.717, 1.165) is 19.5 Å². The van der Waals surface area contributed by atoms with E-state index in [9.17, 15) is 4.79 Å². The molecule has 0 unspecified atom stereocenters. The van der Waals surface area contributed by atoms with E-state index in [2.05, 4.69) is 4.98 Å². The number of hydrogen-bond acceptors (Lipinski definition) is 5. The van der Waals surface area contributed by atoms with Crippen LogP contribution in [-0.2, 0) is 4.79 Å². The van der Waals surface area contributed by atoms with Gasteiger partial charge in [0.15, 0.2) is 5.82 Å². The summed E-state index contributed by atoms with van der Waals surface area (Å²) in [5, 5.41) is 8.77. The zero-order valence-electron chi connectivity index (χ0n) is 10.3. The Morgan fingerprint density at radius 1 is 1.50 bits per heavy atom. The molecule has 1 aliphatic rings. The molecule has 1 aliphatic heterocycles. The summed E-state index contributed by atoms with van der Waals surface area (Å²) in [6, 6.07) is 3.57. The number of likely N-dealkylation sites (N-methyl/N-ethyl adjacent to an activating group) is 1. The zero-order chi connectivity index (χ0) is 13.1. The van der Waals surface area contributed by atoms with Gasteiger partial charge < -0.3 is 15.5 Å². The number of hydrogen-bond donors (Lipinski definition) is 1. The van der Waals surface area contributed by atoms with E-state index in [1.807, 2.05) is 11.0 Å². The summed E-state index contributed by atoms with van der Waals surface area (Å²) < 4.78 is 0. The Kier molecular flexibility index (Phi) is 3.33. The SMILES string of the molecule is CN1CCCN(c2ncc(C#N)cc2N)CC1=O. The fraction of sp³-hybridized carbons (Fsp3) is 0.417. The Morgan fingerprint density at radius 2 is 2.28 bits per heavy atom. The van der Waals surface area contributed by atoms with Gasteiger partial charge in [-0.3, -0.25) is 4.79 Å². The largest absolute Gasteiger partial charge is 0.396 e. The minimum Gasteiger partial charge on any atom is -0.396 e. The van der Waals surface area contributed by atoms with Crippen LogP contribution in [0.25, 0.3) is 0 Å². The Hall–Kier alpha value is -2.29. The molecule has 1 aromatic rings. The quantitative estimate of drug-likeness (QED) is 0.764. The second-order valence-corrected chi connectivity index (χ2v) is 4.34. The lowest BCUT2D eigenvalue weighted by Gasteiger charge is -2.22. The van der Waals surface area contributed by atoms with Crippen LogP contribution in [0.1, 0.15) is 12.0 Å². The minimum atomic E-state index is 0.0538. The summed E-state index contributed by atoms with van der Waals surface area (Å²) in [5.74, 6) is 0.635. The van der Waals surface area contributed by atoms with Crippen LogP contribution in [0.4, 0.5) is 11.5 Å². The second-order valence-electron chi connectivity index (χ2n) is 4.34. The van der Waals surface area contributed by atoms with Crippen molar-refractivity contribution in [2.75, 3.05) is 37.3 Å². The molecule has 18 heavy (non-hydrogen) atoms. The molecular formula is C12H15N5O. The third-order valence-corrected chi connectivity index (χ3v) is 3.00. The maximum absolute atomic E-state index is 11.8. The third kappa shape index (κ3) is 2.35. The van der Waals surface area contributed by atoms with Gasteiger partial charge in [0.2, 0.25) is 5.91 Å². The summed E-state index contributed by atoms with van der Waals surface area (Å²) in [6.45, 7) is 1.75. The first-order valence-corrected chi connectivity index (χ1v) is 5.76. The number of pyridine rings is 1. The number of aromatic nitrogens is 1. The van der Waals surface area contributed by atoms with Crippen LogP contribution in [0.15, 0.2) is 12.3 Å². The lowest BCUT2D eigenvalue weighted by molar-refractivity contribution is -0.127. The van der Waals surface area contributed by atoms with Gasteiger partial charge in [-0.1, -0.05) is 0 Å². The van der Waals surface area contributed by atoms with Crippen molar-refractivity contribution in [2.24, 2.45) is 0 Å². The van der Waals surface area contributed by atoms with Gasteiger partial charge in [-0.25, -0.2) is 4.98 Å². The highest BCUT2D eigenvalue weighted by molar-refractivity contribution is 5.82. The van der Waals surface area contributed by atoms with Gasteiger partial charge >= 0.3 is 0 Å². The summed E-state index contributed by atoms with van der Waals surface area (Å²) in [4.78, 5) is 19.5. The molecule has 0 aromatic carbocycles. The van der Waals surface area contributed by atoms with Crippen LogP contribution in [0.2, 0.25) is 0 Å². The van der Waals surface area contributed by atoms with E-state index in [1.165, 1.54) is 6.20 Å². The van der Waals surface area contributed by atoms with Gasteiger partial charge in [0.05, 0.1) is 17.8 Å². The summed E-state index contributed by atoms with van der Waals surface area (Å²) in [5.41, 5.74) is 6.74. The maximum Gasteiger partial charge on any atom is 0.241 e. The molecular weight excluding hydrogens is 230 g/mol. The maximum atomic E-state index is 11.8. The van der Waals surface area contributed by atoms with Gasteiger partial charge in [-0.05, 0) is 12.5 Å². The average Bonchev–Trinajstić information content (AvgIpc) is 2.52. The monoisotopic (exact) mass is 245 g/mol. The van der Waals surface area contributed by atoms with E-state index in [0.29, 0.717) is 17.1 Å². The number of anilines is 2. The topological polar surface area (TPSA) is 86.2 Å². The van der Waals surface area contributed by atoms with Crippen molar-refractivity contribution in [1.82, 2.24) is 9.88 Å². The number of nitriles is 1. The van der Waals surface area contributed by atoms with Gasteiger partial charge in [0.1, 0.15) is 6.07 Å². The molecule has 6 nitrogen and oxygen atoms in total. The normalized spacial score (nSPS) is 16.3. The average molecular weight is 245 g/mol. The van der Waals surface area contributed by atoms with Crippen molar-refractivity contribution in [2.45, 2.75) is 6.42 Å². The number of nitrogens with zero attached hydrogens (tertiary/aromatic N) is 4. The first-order chi connectivity index (χ1) is 8.61. The Bertz CT molecular complexity index is 508. The van der Waals surface area contributed by atoms with Crippen molar-refractivity contribution < 1.29 is 4.79 Å². The highest BCUT2D eigenvalue weighted by Gasteiger charge is 2.21. The highest BCUT2D eigenvalue weighted by atomic mass is 16.2. The minimum absolute atomic E-state index is 0.0538. The molecule has 94 valence electrons. The molecule has 0 spiro atoms. The van der Waals surface area contributed by atoms with Crippen LogP contribution in [-0.4, -0.2) is 42.5 Å². The van der Waals surface area contributed by atoms with E-state index >= 15 is 0 Å². The number of nitrogens with two attached hydrogens (primary N) is 1. The molecule has 0 atom stereocenters. The van der Waals surface area contributed by atoms with Gasteiger partial charge in [0.25, 0.3) is 0 Å². The molecule has 0 saturated carbocycles. The van der Waals surface area contributed by atoms with E-state index < -0.39 is 0 Å². The predicted molar refractivity (Wildman–Crippen MR) is 67.8 cm³/mol. The smallest absolute Gasteiger partial charge is 0.241 e. The molecule has 2 heterocycles. The number of nitrogen functional groups attached to an aromatic ring is 1. The highest BCUT2D eigenvalue weighted by Crippen LogP contribution is 2.22. The van der Waals surface area contributed by atoms with Crippen LogP contribution < -0.4 is 10.6 Å². The van der Waals surface area contributed by atoms with Crippen molar-refractivity contribution in [3.05, 3.63) is 17.8 Å². The summed E-state index contributed by atoms with van der Waals surface area (Å²) in [6.07, 6.45) is 2.36. The molecule has 1 fully saturated rings. The molecule has 2 rings (SSSR count). The fourth-order valence-corrected chi connectivity index (χ4v) is 1.97. The van der Waals surface area contributed by atoms with E-state index in [-0.39, 0.29) is 12.5 Å². The van der Waals surface area contributed by atoms with E-state index in [4.69, 9.17) is 11.0 Å². The lowest BCUT2D eigenvalue weighted by atomic mass is 10.2. The lowest BCUT2D eigenvalue weighted by Crippen LogP contribution is -2.35. The molecule has 1 aromatic heterocycles. The van der Waals surface area contributed by atoms with Crippen LogP contribution in [0.5, 0.6) is 0 Å². The van der Waals surface area contributed by atoms with Gasteiger partial charge in [-0.2, -0.15) is 5.26 Å². The zero-order valence-corrected chi connectivity index (χ0v) is 10.3. The number of carbonyl (C=O) groups excluding carboxylic acids is 1. The van der Waals surface area contributed by atoms with Gasteiger partial charge in [-0.15, -0.1) is 0 Å². The van der Waals surface area contributed by atoms with Gasteiger partial charge in [0, 0.05) is 26.3 Å². The van der Waals surface area contributed by atoms with Crippen molar-refractivity contribution in [3.8, 4) is 6.07 Å². The van der Waals surface area contributed by atoms with Crippen molar-refractivity contribution in [3.63, 3.8) is 0 Å². The number of carbonyl (C=O) groups is 1. The first kappa shape index (κ1) is 12.2. The fourth-order valence-electron chi connectivity index (χ4n) is 1.97. The van der Waals surface area contributed by atoms with Crippen molar-refractivity contribution >= 4 is 17.4 Å². The van der Waals surface area contributed by atoms with Crippen LogP contribution in [0, 0.1) is 11.3 Å². The third-order valence-electron chi connectivity index (χ3n) is 3.00. The predicted octanol–water partition coefficient (Wildman–Crippen LogP) is 0.204. The summed E-state index contributed by atoms with van der Waals surface area (Å²) in [7, 11) is 1.79. The Balaban J connectivity index is 2.26.